The Labute approximate surface area is 177 Å². The number of ether oxygens (including phenoxy) is 1. The van der Waals surface area contributed by atoms with Crippen LogP contribution in [0.5, 0.6) is 0 Å². The van der Waals surface area contributed by atoms with Gasteiger partial charge in [0.25, 0.3) is 5.91 Å². The van der Waals surface area contributed by atoms with Gasteiger partial charge in [-0.15, -0.1) is 0 Å². The molecule has 2 saturated heterocycles. The van der Waals surface area contributed by atoms with Gasteiger partial charge in [0.1, 0.15) is 6.04 Å². The maximum absolute atomic E-state index is 13.1. The van der Waals surface area contributed by atoms with Gasteiger partial charge in [-0.1, -0.05) is 48.5 Å². The van der Waals surface area contributed by atoms with E-state index in [9.17, 15) is 9.59 Å². The zero-order valence-electron chi connectivity index (χ0n) is 17.4. The number of benzene rings is 2. The third kappa shape index (κ3) is 4.40. The molecule has 158 valence electrons. The van der Waals surface area contributed by atoms with Crippen molar-refractivity contribution in [3.8, 4) is 0 Å². The first kappa shape index (κ1) is 20.6. The molecule has 1 N–H and O–H groups in total. The van der Waals surface area contributed by atoms with E-state index in [-0.39, 0.29) is 17.9 Å². The summed E-state index contributed by atoms with van der Waals surface area (Å²) in [6, 6.07) is 19.3. The Balaban J connectivity index is 1.60. The van der Waals surface area contributed by atoms with Crippen LogP contribution in [0.15, 0.2) is 60.7 Å². The van der Waals surface area contributed by atoms with Crippen LogP contribution in [-0.4, -0.2) is 59.7 Å². The topological polar surface area (TPSA) is 61.9 Å². The van der Waals surface area contributed by atoms with Gasteiger partial charge < -0.3 is 10.1 Å². The van der Waals surface area contributed by atoms with E-state index < -0.39 is 5.54 Å². The molecule has 2 fully saturated rings. The Hall–Kier alpha value is -2.70. The highest BCUT2D eigenvalue weighted by atomic mass is 16.5. The number of esters is 1. The third-order valence-corrected chi connectivity index (χ3v) is 6.06. The Morgan fingerprint density at radius 2 is 1.77 bits per heavy atom. The number of rotatable bonds is 6. The van der Waals surface area contributed by atoms with Gasteiger partial charge in [-0.05, 0) is 43.9 Å². The van der Waals surface area contributed by atoms with E-state index in [0.29, 0.717) is 25.1 Å². The highest BCUT2D eigenvalue weighted by molar-refractivity contribution is 5.94. The summed E-state index contributed by atoms with van der Waals surface area (Å²) in [5.41, 5.74) is 1.36. The average molecular weight is 408 g/mol. The molecule has 0 saturated carbocycles. The van der Waals surface area contributed by atoms with Gasteiger partial charge in [0.15, 0.2) is 0 Å². The standard InChI is InChI=1S/C24H29N3O3/c1-2-30-23(29)21-13-15-26-16-14-24(18-27(21)26,17-19-9-5-3-6-10-19)25-22(28)20-11-7-4-8-12-20/h3-12,21H,2,13-18H2,1H3,(H,25,28)/t21-,24+/m0/s1. The lowest BCUT2D eigenvalue weighted by Crippen LogP contribution is -2.65. The fourth-order valence-corrected chi connectivity index (χ4v) is 4.59. The third-order valence-electron chi connectivity index (χ3n) is 6.06. The quantitative estimate of drug-likeness (QED) is 0.746. The molecule has 30 heavy (non-hydrogen) atoms. The van der Waals surface area contributed by atoms with E-state index in [2.05, 4.69) is 27.5 Å². The number of nitrogens with zero attached hydrogens (tertiary/aromatic N) is 2. The number of hydrazine groups is 1. The molecule has 2 aromatic carbocycles. The van der Waals surface area contributed by atoms with Crippen LogP contribution in [0.3, 0.4) is 0 Å². The number of carbonyl (C=O) groups is 2. The molecular formula is C24H29N3O3. The second-order valence-electron chi connectivity index (χ2n) is 8.12. The van der Waals surface area contributed by atoms with Gasteiger partial charge in [-0.3, -0.25) is 9.59 Å². The van der Waals surface area contributed by atoms with E-state index in [1.807, 2.05) is 55.5 Å². The van der Waals surface area contributed by atoms with E-state index in [0.717, 1.165) is 25.9 Å². The molecule has 0 aromatic heterocycles. The normalized spacial score (nSPS) is 24.2. The molecule has 0 spiro atoms. The second kappa shape index (κ2) is 8.98. The average Bonchev–Trinajstić information content (AvgIpc) is 3.18. The van der Waals surface area contributed by atoms with Crippen LogP contribution < -0.4 is 5.32 Å². The van der Waals surface area contributed by atoms with Crippen molar-refractivity contribution in [2.75, 3.05) is 26.2 Å². The molecule has 0 radical (unpaired) electrons. The lowest BCUT2D eigenvalue weighted by Gasteiger charge is -2.47. The van der Waals surface area contributed by atoms with Crippen molar-refractivity contribution in [1.29, 1.82) is 0 Å². The summed E-state index contributed by atoms with van der Waals surface area (Å²) in [5, 5.41) is 7.70. The maximum Gasteiger partial charge on any atom is 0.324 e. The van der Waals surface area contributed by atoms with Gasteiger partial charge >= 0.3 is 5.97 Å². The van der Waals surface area contributed by atoms with E-state index in [1.54, 1.807) is 0 Å². The van der Waals surface area contributed by atoms with Gasteiger partial charge in [0.05, 0.1) is 12.1 Å². The highest BCUT2D eigenvalue weighted by Gasteiger charge is 2.47. The SMILES string of the molecule is CCOC(=O)[C@@H]1CCN2CC[C@](Cc3ccccc3)(NC(=O)c3ccccc3)CN12. The van der Waals surface area contributed by atoms with Crippen LogP contribution >= 0.6 is 0 Å². The van der Waals surface area contributed by atoms with E-state index in [1.165, 1.54) is 5.56 Å². The van der Waals surface area contributed by atoms with Crippen molar-refractivity contribution >= 4 is 11.9 Å². The van der Waals surface area contributed by atoms with Gasteiger partial charge in [-0.2, -0.15) is 0 Å². The Kier molecular flexibility index (Phi) is 6.16. The predicted octanol–water partition coefficient (Wildman–Crippen LogP) is 2.66. The minimum Gasteiger partial charge on any atom is -0.465 e. The zero-order chi connectivity index (χ0) is 21.0. The molecule has 4 rings (SSSR count). The van der Waals surface area contributed by atoms with E-state index in [4.69, 9.17) is 4.74 Å². The van der Waals surface area contributed by atoms with Crippen LogP contribution in [0.25, 0.3) is 0 Å². The Morgan fingerprint density at radius 3 is 2.47 bits per heavy atom. The van der Waals surface area contributed by atoms with Crippen LogP contribution in [0.1, 0.15) is 35.7 Å². The van der Waals surface area contributed by atoms with Crippen molar-refractivity contribution < 1.29 is 14.3 Å². The van der Waals surface area contributed by atoms with Crippen LogP contribution in [0.4, 0.5) is 0 Å². The summed E-state index contributed by atoms with van der Waals surface area (Å²) < 4.78 is 5.32. The smallest absolute Gasteiger partial charge is 0.324 e. The molecule has 2 aromatic rings. The first-order valence-corrected chi connectivity index (χ1v) is 10.7. The van der Waals surface area contributed by atoms with E-state index >= 15 is 0 Å². The van der Waals surface area contributed by atoms with Crippen molar-refractivity contribution in [2.45, 2.75) is 37.8 Å². The fraction of sp³-hybridized carbons (Fsp3) is 0.417. The van der Waals surface area contributed by atoms with Crippen molar-refractivity contribution in [3.05, 3.63) is 71.8 Å². The predicted molar refractivity (Wildman–Crippen MR) is 115 cm³/mol. The molecule has 2 aliphatic heterocycles. The van der Waals surface area contributed by atoms with Crippen molar-refractivity contribution in [1.82, 2.24) is 15.3 Å². The number of hydrogen-bond acceptors (Lipinski definition) is 5. The summed E-state index contributed by atoms with van der Waals surface area (Å²) in [7, 11) is 0. The minimum absolute atomic E-state index is 0.0770. The Bertz CT molecular complexity index is 874. The van der Waals surface area contributed by atoms with Gasteiger partial charge in [0.2, 0.25) is 0 Å². The fourth-order valence-electron chi connectivity index (χ4n) is 4.59. The molecule has 2 heterocycles. The first-order valence-electron chi connectivity index (χ1n) is 10.7. The number of amides is 1. The molecule has 0 aliphatic carbocycles. The summed E-state index contributed by atoms with van der Waals surface area (Å²) in [5.74, 6) is -0.253. The lowest BCUT2D eigenvalue weighted by molar-refractivity contribution is -0.156. The number of carbonyl (C=O) groups excluding carboxylic acids is 2. The monoisotopic (exact) mass is 407 g/mol. The number of nitrogens with one attached hydrogen (secondary N) is 1. The minimum atomic E-state index is -0.458. The zero-order valence-corrected chi connectivity index (χ0v) is 17.4. The summed E-state index contributed by atoms with van der Waals surface area (Å²) in [4.78, 5) is 25.6. The molecule has 1 amide bonds. The summed E-state index contributed by atoms with van der Waals surface area (Å²) >= 11 is 0. The number of fused-ring (bicyclic) bond motifs is 1. The first-order chi connectivity index (χ1) is 14.6. The molecule has 2 aliphatic rings. The molecule has 2 atom stereocenters. The van der Waals surface area contributed by atoms with Gasteiger partial charge in [-0.25, -0.2) is 10.0 Å². The van der Waals surface area contributed by atoms with Crippen molar-refractivity contribution in [2.24, 2.45) is 0 Å². The largest absolute Gasteiger partial charge is 0.465 e. The van der Waals surface area contributed by atoms with Crippen LogP contribution in [-0.2, 0) is 16.0 Å². The molecule has 0 unspecified atom stereocenters. The molecule has 6 nitrogen and oxygen atoms in total. The Morgan fingerprint density at radius 1 is 1.07 bits per heavy atom. The molecular weight excluding hydrogens is 378 g/mol. The van der Waals surface area contributed by atoms with Gasteiger partial charge in [0, 0.05) is 25.2 Å². The second-order valence-corrected chi connectivity index (χ2v) is 8.12. The molecule has 6 heteroatoms. The maximum atomic E-state index is 13.1. The van der Waals surface area contributed by atoms with Crippen molar-refractivity contribution in [3.63, 3.8) is 0 Å². The summed E-state index contributed by atoms with van der Waals surface area (Å²) in [6.07, 6.45) is 2.30. The number of hydrogen-bond donors (Lipinski definition) is 1. The summed E-state index contributed by atoms with van der Waals surface area (Å²) in [6.45, 7) is 4.45. The van der Waals surface area contributed by atoms with Crippen LogP contribution in [0.2, 0.25) is 0 Å². The molecule has 0 bridgehead atoms. The van der Waals surface area contributed by atoms with Crippen LogP contribution in [0, 0.1) is 0 Å². The highest BCUT2D eigenvalue weighted by Crippen LogP contribution is 2.32. The lowest BCUT2D eigenvalue weighted by atomic mass is 9.85.